The van der Waals surface area contributed by atoms with E-state index in [-0.39, 0.29) is 48.1 Å². The Morgan fingerprint density at radius 2 is 2.23 bits per heavy atom. The molecule has 8 nitrogen and oxygen atoms in total. The van der Waals surface area contributed by atoms with Crippen LogP contribution in [0, 0.1) is 0 Å². The van der Waals surface area contributed by atoms with Crippen molar-refractivity contribution in [2.45, 2.75) is 25.4 Å². The third kappa shape index (κ3) is 4.97. The van der Waals surface area contributed by atoms with Crippen molar-refractivity contribution in [2.75, 3.05) is 39.8 Å². The monoisotopic (exact) mass is 425 g/mol. The van der Waals surface area contributed by atoms with Crippen LogP contribution in [-0.4, -0.2) is 68.2 Å². The summed E-state index contributed by atoms with van der Waals surface area (Å²) in [5.74, 6) is 0.440. The molecule has 2 rings (SSSR count). The fourth-order valence-electron chi connectivity index (χ4n) is 2.44. The highest BCUT2D eigenvalue weighted by molar-refractivity contribution is 14.0. The first-order valence-corrected chi connectivity index (χ1v) is 7.21. The van der Waals surface area contributed by atoms with Crippen molar-refractivity contribution < 1.29 is 14.3 Å². The minimum Gasteiger partial charge on any atom is -0.373 e. The second-order valence-corrected chi connectivity index (χ2v) is 5.46. The molecule has 2 saturated heterocycles. The molecule has 0 spiro atoms. The molecule has 3 N–H and O–H groups in total. The Labute approximate surface area is 147 Å². The van der Waals surface area contributed by atoms with Gasteiger partial charge in [-0.2, -0.15) is 0 Å². The number of carbonyl (C=O) groups is 2. The van der Waals surface area contributed by atoms with Gasteiger partial charge in [-0.05, 0) is 19.8 Å². The number of ether oxygens (including phenoxy) is 1. The predicted molar refractivity (Wildman–Crippen MR) is 93.5 cm³/mol. The number of halogens is 1. The Bertz CT molecular complexity index is 421. The lowest BCUT2D eigenvalue weighted by molar-refractivity contribution is -0.124. The molecule has 126 valence electrons. The van der Waals surface area contributed by atoms with Crippen LogP contribution >= 0.6 is 24.0 Å². The van der Waals surface area contributed by atoms with E-state index in [2.05, 4.69) is 27.9 Å². The Kier molecular flexibility index (Phi) is 7.33. The standard InChI is InChI=1S/C13H23N5O3.HI/c1-13(4-3-7-21-13)9-17-11(14-2)15-5-6-18-10(19)8-16-12(18)20;/h3-9H2,1-2H3,(H,16,20)(H2,14,15,17);1H. The van der Waals surface area contributed by atoms with Crippen LogP contribution in [0.25, 0.3) is 0 Å². The topological polar surface area (TPSA) is 95.1 Å². The normalized spacial score (nSPS) is 25.0. The third-order valence-electron chi connectivity index (χ3n) is 3.72. The molecule has 1 unspecified atom stereocenters. The maximum Gasteiger partial charge on any atom is 0.324 e. The van der Waals surface area contributed by atoms with Gasteiger partial charge in [0.05, 0.1) is 12.1 Å². The van der Waals surface area contributed by atoms with Gasteiger partial charge in [-0.3, -0.25) is 14.7 Å². The highest BCUT2D eigenvalue weighted by Crippen LogP contribution is 2.23. The number of hydrogen-bond acceptors (Lipinski definition) is 4. The van der Waals surface area contributed by atoms with E-state index in [1.807, 2.05) is 0 Å². The zero-order chi connectivity index (χ0) is 15.3. The lowest BCUT2D eigenvalue weighted by Gasteiger charge is -2.25. The summed E-state index contributed by atoms with van der Waals surface area (Å²) >= 11 is 0. The Balaban J connectivity index is 0.00000242. The zero-order valence-electron chi connectivity index (χ0n) is 13.0. The molecule has 0 bridgehead atoms. The smallest absolute Gasteiger partial charge is 0.324 e. The van der Waals surface area contributed by atoms with E-state index in [9.17, 15) is 9.59 Å². The molecule has 0 saturated carbocycles. The van der Waals surface area contributed by atoms with Gasteiger partial charge in [-0.15, -0.1) is 24.0 Å². The third-order valence-corrected chi connectivity index (χ3v) is 3.72. The van der Waals surface area contributed by atoms with Crippen LogP contribution in [0.1, 0.15) is 19.8 Å². The van der Waals surface area contributed by atoms with Gasteiger partial charge in [-0.25, -0.2) is 4.79 Å². The lowest BCUT2D eigenvalue weighted by Crippen LogP contribution is -2.47. The minimum absolute atomic E-state index is 0. The molecule has 0 aromatic heterocycles. The maximum atomic E-state index is 11.4. The molecule has 0 radical (unpaired) electrons. The van der Waals surface area contributed by atoms with E-state index in [1.54, 1.807) is 7.05 Å². The summed E-state index contributed by atoms with van der Waals surface area (Å²) in [6, 6.07) is -0.336. The molecular formula is C13H24IN5O3. The molecular weight excluding hydrogens is 401 g/mol. The van der Waals surface area contributed by atoms with Gasteiger partial charge in [0.15, 0.2) is 5.96 Å². The highest BCUT2D eigenvalue weighted by Gasteiger charge is 2.30. The molecule has 3 amide bonds. The maximum absolute atomic E-state index is 11.4. The Morgan fingerprint density at radius 1 is 1.45 bits per heavy atom. The fraction of sp³-hybridized carbons (Fsp3) is 0.769. The number of rotatable bonds is 5. The van der Waals surface area contributed by atoms with Crippen molar-refractivity contribution in [3.05, 3.63) is 0 Å². The molecule has 2 aliphatic heterocycles. The first-order chi connectivity index (χ1) is 10.0. The van der Waals surface area contributed by atoms with Crippen molar-refractivity contribution in [3.63, 3.8) is 0 Å². The summed E-state index contributed by atoms with van der Waals surface area (Å²) in [6.07, 6.45) is 2.11. The quantitative estimate of drug-likeness (QED) is 0.247. The van der Waals surface area contributed by atoms with Crippen LogP contribution in [0.2, 0.25) is 0 Å². The van der Waals surface area contributed by atoms with Crippen molar-refractivity contribution in [1.82, 2.24) is 20.9 Å². The molecule has 0 aliphatic carbocycles. The number of amides is 3. The molecule has 1 atom stereocenters. The molecule has 2 aliphatic rings. The lowest BCUT2D eigenvalue weighted by atomic mass is 10.0. The second kappa shape index (κ2) is 8.51. The molecule has 0 aromatic rings. The molecule has 0 aromatic carbocycles. The van der Waals surface area contributed by atoms with Gasteiger partial charge in [0.2, 0.25) is 5.91 Å². The van der Waals surface area contributed by atoms with E-state index in [0.717, 1.165) is 19.4 Å². The first-order valence-electron chi connectivity index (χ1n) is 7.21. The Hall–Kier alpha value is -1.10. The number of carbonyl (C=O) groups excluding carboxylic acids is 2. The summed E-state index contributed by atoms with van der Waals surface area (Å²) < 4.78 is 5.70. The number of hydrogen-bond donors (Lipinski definition) is 3. The van der Waals surface area contributed by atoms with Crippen LogP contribution in [0.3, 0.4) is 0 Å². The van der Waals surface area contributed by atoms with Crippen LogP contribution in [0.5, 0.6) is 0 Å². The van der Waals surface area contributed by atoms with Gasteiger partial charge in [0.25, 0.3) is 0 Å². The van der Waals surface area contributed by atoms with Gasteiger partial charge in [0, 0.05) is 33.3 Å². The van der Waals surface area contributed by atoms with E-state index in [1.165, 1.54) is 4.90 Å². The van der Waals surface area contributed by atoms with Crippen molar-refractivity contribution in [2.24, 2.45) is 4.99 Å². The highest BCUT2D eigenvalue weighted by atomic mass is 127. The van der Waals surface area contributed by atoms with Crippen molar-refractivity contribution >= 4 is 41.9 Å². The predicted octanol–water partition coefficient (Wildman–Crippen LogP) is -0.110. The van der Waals surface area contributed by atoms with Crippen LogP contribution in [0.4, 0.5) is 4.79 Å². The van der Waals surface area contributed by atoms with Crippen molar-refractivity contribution in [3.8, 4) is 0 Å². The number of aliphatic imine (C=N–C) groups is 1. The molecule has 22 heavy (non-hydrogen) atoms. The summed E-state index contributed by atoms with van der Waals surface area (Å²) in [5, 5.41) is 8.78. The van der Waals surface area contributed by atoms with E-state index in [0.29, 0.717) is 25.6 Å². The molecule has 9 heteroatoms. The Morgan fingerprint density at radius 3 is 2.77 bits per heavy atom. The number of guanidine groups is 1. The second-order valence-electron chi connectivity index (χ2n) is 5.46. The summed E-state index contributed by atoms with van der Waals surface area (Å²) in [5.41, 5.74) is -0.150. The van der Waals surface area contributed by atoms with E-state index >= 15 is 0 Å². The van der Waals surface area contributed by atoms with Crippen LogP contribution in [-0.2, 0) is 9.53 Å². The molecule has 2 heterocycles. The van der Waals surface area contributed by atoms with Gasteiger partial charge < -0.3 is 20.7 Å². The SMILES string of the molecule is CN=C(NCCN1C(=O)CNC1=O)NCC1(C)CCCO1.I. The minimum atomic E-state index is -0.336. The average molecular weight is 425 g/mol. The van der Waals surface area contributed by atoms with E-state index in [4.69, 9.17) is 4.74 Å². The number of urea groups is 1. The van der Waals surface area contributed by atoms with Gasteiger partial charge >= 0.3 is 6.03 Å². The summed E-state index contributed by atoms with van der Waals surface area (Å²) in [7, 11) is 1.68. The summed E-state index contributed by atoms with van der Waals surface area (Å²) in [6.45, 7) is 4.41. The van der Waals surface area contributed by atoms with Gasteiger partial charge in [-0.1, -0.05) is 0 Å². The molecule has 2 fully saturated rings. The number of nitrogens with zero attached hydrogens (tertiary/aromatic N) is 2. The van der Waals surface area contributed by atoms with E-state index < -0.39 is 0 Å². The fourth-order valence-corrected chi connectivity index (χ4v) is 2.44. The number of nitrogens with one attached hydrogen (secondary N) is 3. The van der Waals surface area contributed by atoms with Crippen molar-refractivity contribution in [1.29, 1.82) is 0 Å². The van der Waals surface area contributed by atoms with Gasteiger partial charge in [0.1, 0.15) is 0 Å². The largest absolute Gasteiger partial charge is 0.373 e. The zero-order valence-corrected chi connectivity index (χ0v) is 15.3. The number of imide groups is 1. The average Bonchev–Trinajstić information content (AvgIpc) is 3.03. The van der Waals surface area contributed by atoms with Crippen LogP contribution in [0.15, 0.2) is 4.99 Å². The van der Waals surface area contributed by atoms with Crippen LogP contribution < -0.4 is 16.0 Å². The first kappa shape index (κ1) is 18.9. The summed E-state index contributed by atoms with van der Waals surface area (Å²) in [4.78, 5) is 28.1.